The van der Waals surface area contributed by atoms with Crippen LogP contribution >= 0.6 is 24.0 Å². The van der Waals surface area contributed by atoms with Crippen molar-refractivity contribution in [1.82, 2.24) is 15.1 Å². The molecule has 1 aromatic heterocycles. The Kier molecular flexibility index (Phi) is 8.04. The number of aliphatic imine (C=N–C) groups is 1. The van der Waals surface area contributed by atoms with Crippen LogP contribution in [0.1, 0.15) is 16.1 Å². The fraction of sp³-hybridized carbons (Fsp3) is 0.429. The number of benzene rings is 1. The van der Waals surface area contributed by atoms with Gasteiger partial charge in [-0.3, -0.25) is 14.1 Å². The van der Waals surface area contributed by atoms with E-state index in [9.17, 15) is 13.2 Å². The zero-order valence-electron chi connectivity index (χ0n) is 17.9. The van der Waals surface area contributed by atoms with Gasteiger partial charge in [-0.25, -0.2) is 8.42 Å². The predicted octanol–water partition coefficient (Wildman–Crippen LogP) is 1.62. The lowest BCUT2D eigenvalue weighted by Crippen LogP contribution is -2.54. The molecular formula is C21H28IN5O4S. The minimum absolute atomic E-state index is 0. The highest BCUT2D eigenvalue weighted by atomic mass is 127. The molecule has 0 radical (unpaired) electrons. The summed E-state index contributed by atoms with van der Waals surface area (Å²) in [5.74, 6) is 0.841. The summed E-state index contributed by atoms with van der Waals surface area (Å²) in [5.41, 5.74) is 1.85. The molecule has 32 heavy (non-hydrogen) atoms. The number of para-hydroxylation sites is 1. The van der Waals surface area contributed by atoms with Crippen LogP contribution in [0.15, 0.2) is 52.1 Å². The van der Waals surface area contributed by atoms with Gasteiger partial charge in [0.25, 0.3) is 5.91 Å². The number of piperazine rings is 1. The number of carbonyl (C=O) groups is 1. The third-order valence-corrected chi connectivity index (χ3v) is 7.40. The maximum absolute atomic E-state index is 12.9. The van der Waals surface area contributed by atoms with E-state index >= 15 is 0 Å². The van der Waals surface area contributed by atoms with E-state index in [1.54, 1.807) is 24.1 Å². The molecule has 1 N–H and O–H groups in total. The van der Waals surface area contributed by atoms with E-state index < -0.39 is 10.0 Å². The number of halogens is 1. The van der Waals surface area contributed by atoms with Gasteiger partial charge in [0.1, 0.15) is 0 Å². The molecule has 1 aromatic carbocycles. The largest absolute Gasteiger partial charge is 0.459 e. The van der Waals surface area contributed by atoms with Crippen molar-refractivity contribution in [3.05, 3.63) is 54.0 Å². The first-order valence-electron chi connectivity index (χ1n) is 10.4. The molecule has 2 aliphatic rings. The zero-order chi connectivity index (χ0) is 21.8. The number of sulfonamides is 1. The summed E-state index contributed by atoms with van der Waals surface area (Å²) in [4.78, 5) is 20.5. The molecule has 174 valence electrons. The van der Waals surface area contributed by atoms with Gasteiger partial charge in [-0.1, -0.05) is 18.2 Å². The summed E-state index contributed by atoms with van der Waals surface area (Å²) < 4.78 is 32.4. The first-order chi connectivity index (χ1) is 15.0. The van der Waals surface area contributed by atoms with Gasteiger partial charge in [-0.15, -0.1) is 24.0 Å². The van der Waals surface area contributed by atoms with Crippen molar-refractivity contribution in [2.45, 2.75) is 6.42 Å². The molecule has 2 aliphatic heterocycles. The molecule has 0 unspecified atom stereocenters. The summed E-state index contributed by atoms with van der Waals surface area (Å²) in [7, 11) is -1.74. The Bertz CT molecular complexity index is 1050. The molecule has 1 amide bonds. The Balaban J connectivity index is 0.00000289. The first-order valence-corrected chi connectivity index (χ1v) is 12.0. The van der Waals surface area contributed by atoms with Crippen molar-refractivity contribution in [2.24, 2.45) is 4.99 Å². The van der Waals surface area contributed by atoms with Crippen LogP contribution in [0.5, 0.6) is 0 Å². The van der Waals surface area contributed by atoms with Gasteiger partial charge in [0.15, 0.2) is 11.7 Å². The molecule has 0 atom stereocenters. The molecule has 9 nitrogen and oxygen atoms in total. The number of carbonyl (C=O) groups excluding carboxylic acids is 1. The third-order valence-electron chi connectivity index (χ3n) is 5.63. The van der Waals surface area contributed by atoms with E-state index in [2.05, 4.69) is 10.3 Å². The van der Waals surface area contributed by atoms with E-state index in [1.165, 1.54) is 10.6 Å². The van der Waals surface area contributed by atoms with Gasteiger partial charge >= 0.3 is 0 Å². The lowest BCUT2D eigenvalue weighted by Gasteiger charge is -2.36. The van der Waals surface area contributed by atoms with Crippen LogP contribution in [0.2, 0.25) is 0 Å². The van der Waals surface area contributed by atoms with Gasteiger partial charge in [-0.05, 0) is 30.2 Å². The second kappa shape index (κ2) is 10.6. The van der Waals surface area contributed by atoms with Gasteiger partial charge in [-0.2, -0.15) is 0 Å². The standard InChI is InChI=1S/C21H27N5O4S.HI/c1-22-21(25-13-11-24(12-14-25)20(27)19-7-4-15-30-19)23-9-16-31(28,29)26-10-8-17-5-2-3-6-18(17)26;/h2-7,15H,8-14,16H2,1H3,(H,22,23);1H. The highest BCUT2D eigenvalue weighted by Crippen LogP contribution is 2.29. The molecule has 2 aromatic rings. The van der Waals surface area contributed by atoms with Crippen molar-refractivity contribution in [3.8, 4) is 0 Å². The molecular weight excluding hydrogens is 545 g/mol. The molecule has 11 heteroatoms. The average Bonchev–Trinajstić information content (AvgIpc) is 3.47. The number of anilines is 1. The van der Waals surface area contributed by atoms with Crippen LogP contribution in [-0.4, -0.2) is 82.2 Å². The smallest absolute Gasteiger partial charge is 0.289 e. The number of hydrogen-bond donors (Lipinski definition) is 1. The summed E-state index contributed by atoms with van der Waals surface area (Å²) in [6.07, 6.45) is 2.23. The predicted molar refractivity (Wildman–Crippen MR) is 134 cm³/mol. The average molecular weight is 573 g/mol. The van der Waals surface area contributed by atoms with Crippen molar-refractivity contribution in [1.29, 1.82) is 0 Å². The number of fused-ring (bicyclic) bond motifs is 1. The van der Waals surface area contributed by atoms with Crippen LogP contribution in [0.4, 0.5) is 5.69 Å². The van der Waals surface area contributed by atoms with Gasteiger partial charge < -0.3 is 19.5 Å². The molecule has 0 spiro atoms. The molecule has 0 aliphatic carbocycles. The lowest BCUT2D eigenvalue weighted by atomic mass is 10.2. The van der Waals surface area contributed by atoms with Gasteiger partial charge in [0, 0.05) is 46.3 Å². The van der Waals surface area contributed by atoms with Gasteiger partial charge in [0.05, 0.1) is 17.7 Å². The van der Waals surface area contributed by atoms with Crippen molar-refractivity contribution < 1.29 is 17.6 Å². The van der Waals surface area contributed by atoms with Crippen molar-refractivity contribution in [2.75, 3.05) is 56.4 Å². The Labute approximate surface area is 205 Å². The van der Waals surface area contributed by atoms with Gasteiger partial charge in [0.2, 0.25) is 10.0 Å². The molecule has 3 heterocycles. The summed E-state index contributed by atoms with van der Waals surface area (Å²) >= 11 is 0. The van der Waals surface area contributed by atoms with E-state index in [0.717, 1.165) is 17.7 Å². The zero-order valence-corrected chi connectivity index (χ0v) is 21.1. The van der Waals surface area contributed by atoms with Crippen LogP contribution in [0, 0.1) is 0 Å². The van der Waals surface area contributed by atoms with Crippen molar-refractivity contribution >= 4 is 51.6 Å². The summed E-state index contributed by atoms with van der Waals surface area (Å²) in [6, 6.07) is 11.0. The van der Waals surface area contributed by atoms with Crippen LogP contribution < -0.4 is 9.62 Å². The number of rotatable bonds is 5. The molecule has 1 saturated heterocycles. The number of nitrogens with one attached hydrogen (secondary N) is 1. The number of guanidine groups is 1. The molecule has 0 bridgehead atoms. The fourth-order valence-corrected chi connectivity index (χ4v) is 5.44. The highest BCUT2D eigenvalue weighted by Gasteiger charge is 2.29. The minimum atomic E-state index is -3.42. The monoisotopic (exact) mass is 573 g/mol. The lowest BCUT2D eigenvalue weighted by molar-refractivity contribution is 0.0658. The minimum Gasteiger partial charge on any atom is -0.459 e. The normalized spacial score (nSPS) is 16.5. The topological polar surface area (TPSA) is 98.5 Å². The maximum atomic E-state index is 12.9. The van der Waals surface area contributed by atoms with E-state index in [1.807, 2.05) is 29.2 Å². The fourth-order valence-electron chi connectivity index (χ4n) is 4.01. The van der Waals surface area contributed by atoms with Crippen LogP contribution in [0.3, 0.4) is 0 Å². The number of furan rings is 1. The first kappa shape index (κ1) is 24.4. The SMILES string of the molecule is CN=C(NCCS(=O)(=O)N1CCc2ccccc21)N1CCN(C(=O)c2ccco2)CC1.I. The Morgan fingerprint density at radius 2 is 1.78 bits per heavy atom. The molecule has 0 saturated carbocycles. The van der Waals surface area contributed by atoms with Crippen LogP contribution in [0.25, 0.3) is 0 Å². The molecule has 1 fully saturated rings. The second-order valence-corrected chi connectivity index (χ2v) is 9.51. The van der Waals surface area contributed by atoms with E-state index in [-0.39, 0.29) is 42.2 Å². The van der Waals surface area contributed by atoms with E-state index in [4.69, 9.17) is 4.42 Å². The molecule has 4 rings (SSSR count). The maximum Gasteiger partial charge on any atom is 0.289 e. The quantitative estimate of drug-likeness (QED) is 0.332. The Hall–Kier alpha value is -2.28. The highest BCUT2D eigenvalue weighted by molar-refractivity contribution is 14.0. The number of nitrogens with zero attached hydrogens (tertiary/aromatic N) is 4. The number of hydrogen-bond acceptors (Lipinski definition) is 5. The second-order valence-electron chi connectivity index (χ2n) is 7.50. The number of amides is 1. The van der Waals surface area contributed by atoms with Crippen molar-refractivity contribution in [3.63, 3.8) is 0 Å². The Morgan fingerprint density at radius 3 is 2.47 bits per heavy atom. The third kappa shape index (κ3) is 5.20. The van der Waals surface area contributed by atoms with Crippen LogP contribution in [-0.2, 0) is 16.4 Å². The Morgan fingerprint density at radius 1 is 1.06 bits per heavy atom. The summed E-state index contributed by atoms with van der Waals surface area (Å²) in [5, 5.41) is 3.16. The summed E-state index contributed by atoms with van der Waals surface area (Å²) in [6.45, 7) is 3.06. The van der Waals surface area contributed by atoms with E-state index in [0.29, 0.717) is 44.4 Å².